The summed E-state index contributed by atoms with van der Waals surface area (Å²) in [7, 11) is 0. The van der Waals surface area contributed by atoms with Crippen LogP contribution in [-0.2, 0) is 19.0 Å². The van der Waals surface area contributed by atoms with Crippen LogP contribution in [0.4, 0.5) is 0 Å². The number of rotatable bonds is 5. The second-order valence-electron chi connectivity index (χ2n) is 6.83. The van der Waals surface area contributed by atoms with E-state index in [1.165, 1.54) is 18.6 Å². The van der Waals surface area contributed by atoms with Gasteiger partial charge in [-0.2, -0.15) is 0 Å². The summed E-state index contributed by atoms with van der Waals surface area (Å²) in [6.07, 6.45) is 5.38. The maximum absolute atomic E-state index is 12.3. The van der Waals surface area contributed by atoms with Crippen LogP contribution in [0.3, 0.4) is 0 Å². The second-order valence-corrected chi connectivity index (χ2v) is 7.67. The van der Waals surface area contributed by atoms with Crippen molar-refractivity contribution in [2.45, 2.75) is 56.8 Å². The van der Waals surface area contributed by atoms with E-state index < -0.39 is 18.2 Å². The molecule has 1 aliphatic carbocycles. The van der Waals surface area contributed by atoms with Crippen molar-refractivity contribution < 1.29 is 23.8 Å². The first-order valence-electron chi connectivity index (χ1n) is 8.95. The topological polar surface area (TPSA) is 61.8 Å². The lowest BCUT2D eigenvalue weighted by Gasteiger charge is -2.31. The molecule has 2 aliphatic rings. The van der Waals surface area contributed by atoms with Crippen LogP contribution in [0.5, 0.6) is 0 Å². The van der Waals surface area contributed by atoms with Gasteiger partial charge in [0.15, 0.2) is 0 Å². The van der Waals surface area contributed by atoms with Gasteiger partial charge in [0.25, 0.3) is 6.47 Å². The molecule has 3 rings (SSSR count). The van der Waals surface area contributed by atoms with Crippen LogP contribution in [0.25, 0.3) is 0 Å². The van der Waals surface area contributed by atoms with Crippen molar-refractivity contribution in [3.8, 4) is 0 Å². The minimum Gasteiger partial charge on any atom is -0.462 e. The summed E-state index contributed by atoms with van der Waals surface area (Å²) < 4.78 is 16.8. The molecule has 0 unspecified atom stereocenters. The van der Waals surface area contributed by atoms with Crippen molar-refractivity contribution in [3.05, 3.63) is 33.8 Å². The van der Waals surface area contributed by atoms with Gasteiger partial charge in [-0.25, -0.2) is 4.79 Å². The van der Waals surface area contributed by atoms with Crippen molar-refractivity contribution in [2.75, 3.05) is 6.61 Å². The van der Waals surface area contributed by atoms with E-state index in [1.807, 2.05) is 0 Å². The molecule has 0 aromatic heterocycles. The monoisotopic (exact) mass is 400 g/mol. The Labute approximate surface area is 162 Å². The van der Waals surface area contributed by atoms with Gasteiger partial charge in [-0.15, -0.1) is 0 Å². The number of ether oxygens (including phenoxy) is 3. The summed E-state index contributed by atoms with van der Waals surface area (Å²) in [5, 5.41) is 0.679. The van der Waals surface area contributed by atoms with Crippen LogP contribution in [0.1, 0.15) is 48.9 Å². The van der Waals surface area contributed by atoms with E-state index in [1.54, 1.807) is 6.07 Å². The van der Waals surface area contributed by atoms with E-state index >= 15 is 0 Å². The molecule has 1 saturated carbocycles. The molecule has 0 bridgehead atoms. The zero-order valence-electron chi connectivity index (χ0n) is 14.4. The van der Waals surface area contributed by atoms with Crippen molar-refractivity contribution in [3.63, 3.8) is 0 Å². The van der Waals surface area contributed by atoms with E-state index in [-0.39, 0.29) is 23.3 Å². The Hall–Kier alpha value is -1.30. The minimum absolute atomic E-state index is 0.0134. The Morgan fingerprint density at radius 1 is 1.19 bits per heavy atom. The van der Waals surface area contributed by atoms with Gasteiger partial charge in [0.1, 0.15) is 18.8 Å². The van der Waals surface area contributed by atoms with Gasteiger partial charge in [-0.05, 0) is 49.8 Å². The van der Waals surface area contributed by atoms with Crippen LogP contribution >= 0.6 is 23.2 Å². The molecule has 1 heterocycles. The lowest BCUT2D eigenvalue weighted by molar-refractivity contribution is -0.150. The van der Waals surface area contributed by atoms with Gasteiger partial charge >= 0.3 is 5.97 Å². The Balaban J connectivity index is 1.66. The Morgan fingerprint density at radius 3 is 2.77 bits per heavy atom. The summed E-state index contributed by atoms with van der Waals surface area (Å²) in [4.78, 5) is 23.2. The zero-order valence-corrected chi connectivity index (χ0v) is 15.9. The number of fused-ring (bicyclic) bond motifs is 1. The Bertz CT molecular complexity index is 651. The highest BCUT2D eigenvalue weighted by Crippen LogP contribution is 2.35. The van der Waals surface area contributed by atoms with Crippen LogP contribution in [0.2, 0.25) is 10.0 Å². The molecule has 26 heavy (non-hydrogen) atoms. The van der Waals surface area contributed by atoms with Crippen LogP contribution in [0, 0.1) is 5.92 Å². The first-order valence-corrected chi connectivity index (χ1v) is 9.71. The van der Waals surface area contributed by atoms with Crippen molar-refractivity contribution >= 4 is 35.6 Å². The third-order valence-corrected chi connectivity index (χ3v) is 5.73. The molecule has 1 aromatic rings. The van der Waals surface area contributed by atoms with E-state index in [9.17, 15) is 9.59 Å². The smallest absolute Gasteiger partial charge is 0.339 e. The number of esters is 1. The van der Waals surface area contributed by atoms with Crippen molar-refractivity contribution in [2.24, 2.45) is 5.92 Å². The van der Waals surface area contributed by atoms with E-state index in [0.29, 0.717) is 23.8 Å². The van der Waals surface area contributed by atoms with Gasteiger partial charge < -0.3 is 14.2 Å². The van der Waals surface area contributed by atoms with E-state index in [0.717, 1.165) is 25.7 Å². The fraction of sp³-hybridized carbons (Fsp3) is 0.579. The first-order chi connectivity index (χ1) is 12.6. The molecule has 7 heteroatoms. The van der Waals surface area contributed by atoms with Crippen molar-refractivity contribution in [1.82, 2.24) is 0 Å². The fourth-order valence-electron chi connectivity index (χ4n) is 3.82. The van der Waals surface area contributed by atoms with Gasteiger partial charge in [0, 0.05) is 5.02 Å². The predicted octanol–water partition coefficient (Wildman–Crippen LogP) is 4.43. The average Bonchev–Trinajstić information content (AvgIpc) is 2.80. The maximum atomic E-state index is 12.3. The summed E-state index contributed by atoms with van der Waals surface area (Å²) in [6.45, 7) is 0.452. The van der Waals surface area contributed by atoms with Gasteiger partial charge in [-0.1, -0.05) is 36.0 Å². The lowest BCUT2D eigenvalue weighted by atomic mass is 9.83. The third kappa shape index (κ3) is 4.70. The SMILES string of the molecule is O=CO[C@@H]1CC[C@@H]2CCCC[C@H]2O[C@H]1COC(=O)c1ccc(Cl)cc1Cl. The molecule has 1 aromatic carbocycles. The second kappa shape index (κ2) is 9.07. The normalized spacial score (nSPS) is 28.5. The molecule has 0 N–H and O–H groups in total. The Kier molecular flexibility index (Phi) is 6.79. The quantitative estimate of drug-likeness (QED) is 0.540. The molecule has 142 valence electrons. The lowest BCUT2D eigenvalue weighted by Crippen LogP contribution is -2.38. The highest BCUT2D eigenvalue weighted by Gasteiger charge is 2.37. The Morgan fingerprint density at radius 2 is 2.00 bits per heavy atom. The molecule has 0 radical (unpaired) electrons. The van der Waals surface area contributed by atoms with Gasteiger partial charge in [-0.3, -0.25) is 4.79 Å². The molecule has 0 amide bonds. The summed E-state index contributed by atoms with van der Waals surface area (Å²) in [6, 6.07) is 4.60. The highest BCUT2D eigenvalue weighted by molar-refractivity contribution is 6.36. The van der Waals surface area contributed by atoms with Crippen LogP contribution in [-0.4, -0.2) is 37.4 Å². The number of carbonyl (C=O) groups is 2. The molecule has 2 fully saturated rings. The first kappa shape index (κ1) is 19.5. The number of halogens is 2. The molecule has 0 spiro atoms. The standard InChI is InChI=1S/C19H22Cl2O5/c20-13-6-7-14(15(21)9-13)19(23)24-10-18-17(25-11-22)8-5-12-3-1-2-4-16(12)26-18/h6-7,9,11-12,16-18H,1-5,8,10H2/t12-,16+,17+,18-/m0/s1. The molecule has 5 nitrogen and oxygen atoms in total. The maximum Gasteiger partial charge on any atom is 0.339 e. The highest BCUT2D eigenvalue weighted by atomic mass is 35.5. The number of carbonyl (C=O) groups excluding carboxylic acids is 2. The summed E-state index contributed by atoms with van der Waals surface area (Å²) >= 11 is 11.9. The zero-order chi connectivity index (χ0) is 18.5. The predicted molar refractivity (Wildman–Crippen MR) is 97.5 cm³/mol. The number of hydrogen-bond donors (Lipinski definition) is 0. The minimum atomic E-state index is -0.551. The number of hydrogen-bond acceptors (Lipinski definition) is 5. The summed E-state index contributed by atoms with van der Waals surface area (Å²) in [5.74, 6) is -0.0718. The molecular weight excluding hydrogens is 379 g/mol. The largest absolute Gasteiger partial charge is 0.462 e. The average molecular weight is 401 g/mol. The fourth-order valence-corrected chi connectivity index (χ4v) is 4.31. The van der Waals surface area contributed by atoms with Crippen LogP contribution in [0.15, 0.2) is 18.2 Å². The molecule has 1 aliphatic heterocycles. The van der Waals surface area contributed by atoms with Crippen molar-refractivity contribution in [1.29, 1.82) is 0 Å². The van der Waals surface area contributed by atoms with E-state index in [2.05, 4.69) is 0 Å². The van der Waals surface area contributed by atoms with E-state index in [4.69, 9.17) is 37.4 Å². The third-order valence-electron chi connectivity index (χ3n) is 5.19. The van der Waals surface area contributed by atoms with Gasteiger partial charge in [0.2, 0.25) is 0 Å². The molecule has 1 saturated heterocycles. The molecule has 4 atom stereocenters. The number of benzene rings is 1. The molecular formula is C19H22Cl2O5. The van der Waals surface area contributed by atoms with Crippen LogP contribution < -0.4 is 0 Å². The summed E-state index contributed by atoms with van der Waals surface area (Å²) in [5.41, 5.74) is 0.244. The van der Waals surface area contributed by atoms with Gasteiger partial charge in [0.05, 0.1) is 16.7 Å².